The molecule has 0 atom stereocenters. The third-order valence-electron chi connectivity index (χ3n) is 3.55. The Bertz CT molecular complexity index is 837. The van der Waals surface area contributed by atoms with Crippen LogP contribution in [-0.4, -0.2) is 22.3 Å². The average molecular weight is 381 g/mol. The van der Waals surface area contributed by atoms with Crippen LogP contribution in [0.3, 0.4) is 0 Å². The number of carbonyl (C=O) groups is 1. The Labute approximate surface area is 153 Å². The first-order chi connectivity index (χ1) is 11.5. The summed E-state index contributed by atoms with van der Waals surface area (Å²) in [6.07, 6.45) is 0.295. The van der Waals surface area contributed by atoms with Crippen molar-refractivity contribution in [2.24, 2.45) is 0 Å². The number of furan rings is 1. The van der Waals surface area contributed by atoms with Crippen LogP contribution in [0.4, 0.5) is 0 Å². The van der Waals surface area contributed by atoms with Gasteiger partial charge in [-0.1, -0.05) is 11.6 Å². The van der Waals surface area contributed by atoms with E-state index in [2.05, 4.69) is 4.98 Å². The summed E-state index contributed by atoms with van der Waals surface area (Å²) in [5, 5.41) is 2.72. The number of rotatable bonds is 6. The van der Waals surface area contributed by atoms with Gasteiger partial charge in [-0.05, 0) is 38.1 Å². The van der Waals surface area contributed by atoms with Gasteiger partial charge in [-0.2, -0.15) is 0 Å². The molecule has 0 aromatic carbocycles. The molecule has 7 heteroatoms. The maximum absolute atomic E-state index is 12.5. The molecule has 3 aromatic heterocycles. The topological polar surface area (TPSA) is 46.3 Å². The summed E-state index contributed by atoms with van der Waals surface area (Å²) in [5.74, 6) is 1.66. The summed E-state index contributed by atoms with van der Waals surface area (Å²) in [4.78, 5) is 20.0. The highest BCUT2D eigenvalue weighted by Gasteiger charge is 2.16. The fourth-order valence-corrected chi connectivity index (χ4v) is 4.20. The standard InChI is InChI=1S/C17H17ClN2O2S2/c1-3-20(9-13-5-7-15(18)24-13)16(21)8-12-10-23-17(19-12)14-6-4-11(2)22-14/h4-7,10H,3,8-9H2,1-2H3. The predicted molar refractivity (Wildman–Crippen MR) is 98.7 cm³/mol. The van der Waals surface area contributed by atoms with Gasteiger partial charge in [0.15, 0.2) is 10.8 Å². The van der Waals surface area contributed by atoms with E-state index in [1.165, 1.54) is 22.7 Å². The van der Waals surface area contributed by atoms with Crippen molar-refractivity contribution in [3.8, 4) is 10.8 Å². The molecule has 4 nitrogen and oxygen atoms in total. The number of likely N-dealkylation sites (N-methyl/N-ethyl adjacent to an activating group) is 1. The van der Waals surface area contributed by atoms with Crippen molar-refractivity contribution < 1.29 is 9.21 Å². The van der Waals surface area contributed by atoms with Crippen molar-refractivity contribution in [3.05, 3.63) is 50.3 Å². The first-order valence-corrected chi connectivity index (χ1v) is 9.65. The molecule has 0 aliphatic rings. The van der Waals surface area contributed by atoms with Crippen LogP contribution in [0, 0.1) is 6.92 Å². The first-order valence-electron chi connectivity index (χ1n) is 7.58. The van der Waals surface area contributed by atoms with Gasteiger partial charge < -0.3 is 9.32 Å². The van der Waals surface area contributed by atoms with Crippen LogP contribution >= 0.6 is 34.3 Å². The van der Waals surface area contributed by atoms with Crippen molar-refractivity contribution in [1.29, 1.82) is 0 Å². The summed E-state index contributed by atoms with van der Waals surface area (Å²) in [7, 11) is 0. The molecule has 0 aliphatic heterocycles. The molecule has 0 saturated heterocycles. The van der Waals surface area contributed by atoms with Crippen molar-refractivity contribution in [1.82, 2.24) is 9.88 Å². The summed E-state index contributed by atoms with van der Waals surface area (Å²) >= 11 is 8.95. The molecule has 0 radical (unpaired) electrons. The highest BCUT2D eigenvalue weighted by atomic mass is 35.5. The first kappa shape index (κ1) is 17.2. The van der Waals surface area contributed by atoms with Crippen LogP contribution in [0.25, 0.3) is 10.8 Å². The molecule has 1 amide bonds. The third-order valence-corrected chi connectivity index (χ3v) is 5.67. The monoisotopic (exact) mass is 380 g/mol. The van der Waals surface area contributed by atoms with Gasteiger partial charge in [-0.3, -0.25) is 4.79 Å². The van der Waals surface area contributed by atoms with E-state index in [1.807, 2.05) is 48.4 Å². The molecule has 0 bridgehead atoms. The number of halogens is 1. The molecule has 3 heterocycles. The number of hydrogen-bond acceptors (Lipinski definition) is 5. The van der Waals surface area contributed by atoms with Crippen molar-refractivity contribution in [3.63, 3.8) is 0 Å². The lowest BCUT2D eigenvalue weighted by molar-refractivity contribution is -0.130. The number of amides is 1. The van der Waals surface area contributed by atoms with Gasteiger partial charge in [0.25, 0.3) is 0 Å². The number of nitrogens with zero attached hydrogens (tertiary/aromatic N) is 2. The molecule has 0 spiro atoms. The van der Waals surface area contributed by atoms with E-state index >= 15 is 0 Å². The van der Waals surface area contributed by atoms with Crippen LogP contribution in [0.2, 0.25) is 4.34 Å². The molecule has 0 saturated carbocycles. The molecule has 24 heavy (non-hydrogen) atoms. The van der Waals surface area contributed by atoms with E-state index in [4.69, 9.17) is 16.0 Å². The smallest absolute Gasteiger partial charge is 0.228 e. The molecular formula is C17H17ClN2O2S2. The summed E-state index contributed by atoms with van der Waals surface area (Å²) in [5.41, 5.74) is 0.775. The van der Waals surface area contributed by atoms with Crippen LogP contribution in [0.15, 0.2) is 34.1 Å². The lowest BCUT2D eigenvalue weighted by Crippen LogP contribution is -2.31. The summed E-state index contributed by atoms with van der Waals surface area (Å²) in [6.45, 7) is 5.12. The SMILES string of the molecule is CCN(Cc1ccc(Cl)s1)C(=O)Cc1csc(-c2ccc(C)o2)n1. The van der Waals surface area contributed by atoms with E-state index < -0.39 is 0 Å². The second-order valence-electron chi connectivity index (χ2n) is 5.34. The second-order valence-corrected chi connectivity index (χ2v) is 8.00. The molecule has 3 aromatic rings. The highest BCUT2D eigenvalue weighted by molar-refractivity contribution is 7.16. The van der Waals surface area contributed by atoms with E-state index in [9.17, 15) is 4.79 Å². The fourth-order valence-electron chi connectivity index (χ4n) is 2.32. The van der Waals surface area contributed by atoms with Gasteiger partial charge in [0.2, 0.25) is 5.91 Å². The molecule has 0 N–H and O–H groups in total. The molecule has 3 rings (SSSR count). The number of aryl methyl sites for hydroxylation is 1. The third kappa shape index (κ3) is 4.06. The van der Waals surface area contributed by atoms with E-state index in [0.717, 1.165) is 31.4 Å². The Morgan fingerprint density at radius 1 is 1.33 bits per heavy atom. The minimum Gasteiger partial charge on any atom is -0.459 e. The van der Waals surface area contributed by atoms with Crippen LogP contribution in [0.1, 0.15) is 23.3 Å². The fraction of sp³-hybridized carbons (Fsp3) is 0.294. The lowest BCUT2D eigenvalue weighted by atomic mass is 10.3. The molecule has 0 fully saturated rings. The van der Waals surface area contributed by atoms with E-state index in [-0.39, 0.29) is 5.91 Å². The highest BCUT2D eigenvalue weighted by Crippen LogP contribution is 2.26. The van der Waals surface area contributed by atoms with Gasteiger partial charge in [0.05, 0.1) is 23.0 Å². The van der Waals surface area contributed by atoms with Gasteiger partial charge in [0.1, 0.15) is 5.76 Å². The maximum Gasteiger partial charge on any atom is 0.228 e. The van der Waals surface area contributed by atoms with Crippen LogP contribution in [0.5, 0.6) is 0 Å². The zero-order valence-electron chi connectivity index (χ0n) is 13.4. The average Bonchev–Trinajstić information content (AvgIpc) is 3.26. The molecular weight excluding hydrogens is 364 g/mol. The number of aromatic nitrogens is 1. The Hall–Kier alpha value is -1.63. The van der Waals surface area contributed by atoms with Gasteiger partial charge in [-0.25, -0.2) is 4.98 Å². The minimum atomic E-state index is 0.0643. The minimum absolute atomic E-state index is 0.0643. The predicted octanol–water partition coefficient (Wildman–Crippen LogP) is 5.02. The zero-order chi connectivity index (χ0) is 17.1. The lowest BCUT2D eigenvalue weighted by Gasteiger charge is -2.19. The number of carbonyl (C=O) groups excluding carboxylic acids is 1. The van der Waals surface area contributed by atoms with E-state index in [1.54, 1.807) is 0 Å². The molecule has 126 valence electrons. The van der Waals surface area contributed by atoms with Crippen LogP contribution < -0.4 is 0 Å². The second kappa shape index (κ2) is 7.51. The normalized spacial score (nSPS) is 11.0. The molecule has 0 aliphatic carbocycles. The molecule has 0 unspecified atom stereocenters. The number of hydrogen-bond donors (Lipinski definition) is 0. The Morgan fingerprint density at radius 3 is 2.79 bits per heavy atom. The van der Waals surface area contributed by atoms with E-state index in [0.29, 0.717) is 19.5 Å². The number of thiophene rings is 1. The summed E-state index contributed by atoms with van der Waals surface area (Å²) in [6, 6.07) is 7.63. The number of thiazole rings is 1. The van der Waals surface area contributed by atoms with Crippen molar-refractivity contribution in [2.45, 2.75) is 26.8 Å². The maximum atomic E-state index is 12.5. The van der Waals surface area contributed by atoms with Crippen LogP contribution in [-0.2, 0) is 17.8 Å². The Kier molecular flexibility index (Phi) is 5.38. The quantitative estimate of drug-likeness (QED) is 0.603. The van der Waals surface area contributed by atoms with Gasteiger partial charge in [0, 0.05) is 16.8 Å². The van der Waals surface area contributed by atoms with Crippen molar-refractivity contribution in [2.75, 3.05) is 6.54 Å². The Morgan fingerprint density at radius 2 is 2.17 bits per heavy atom. The van der Waals surface area contributed by atoms with Gasteiger partial charge >= 0.3 is 0 Å². The van der Waals surface area contributed by atoms with Gasteiger partial charge in [-0.15, -0.1) is 22.7 Å². The van der Waals surface area contributed by atoms with Crippen molar-refractivity contribution >= 4 is 40.2 Å². The largest absolute Gasteiger partial charge is 0.459 e. The summed E-state index contributed by atoms with van der Waals surface area (Å²) < 4.78 is 6.32. The zero-order valence-corrected chi connectivity index (χ0v) is 15.8. The Balaban J connectivity index is 1.66.